The zero-order valence-corrected chi connectivity index (χ0v) is 12.1. The molecule has 0 atom stereocenters. The minimum atomic E-state index is 0.788. The number of halogens is 1. The van der Waals surface area contributed by atoms with E-state index in [9.17, 15) is 0 Å². The molecule has 18 heavy (non-hydrogen) atoms. The van der Waals surface area contributed by atoms with Crippen LogP contribution in [0, 0.1) is 6.92 Å². The lowest BCUT2D eigenvalue weighted by atomic mass is 10.2. The third-order valence-corrected chi connectivity index (χ3v) is 4.39. The summed E-state index contributed by atoms with van der Waals surface area (Å²) in [5, 5.41) is 4.12. The van der Waals surface area contributed by atoms with Gasteiger partial charge in [-0.05, 0) is 31.2 Å². The molecule has 0 unspecified atom stereocenters. The Morgan fingerprint density at radius 1 is 1.33 bits per heavy atom. The van der Waals surface area contributed by atoms with Crippen molar-refractivity contribution in [2.45, 2.75) is 30.2 Å². The van der Waals surface area contributed by atoms with Gasteiger partial charge in [0.2, 0.25) is 0 Å². The van der Waals surface area contributed by atoms with E-state index in [2.05, 4.69) is 18.3 Å². The predicted molar refractivity (Wildman–Crippen MR) is 76.4 cm³/mol. The van der Waals surface area contributed by atoms with E-state index in [1.54, 1.807) is 18.0 Å². The Kier molecular flexibility index (Phi) is 4.75. The fourth-order valence-electron chi connectivity index (χ4n) is 1.66. The molecule has 0 amide bonds. The topological polar surface area (TPSA) is 25.2 Å². The van der Waals surface area contributed by atoms with Gasteiger partial charge < -0.3 is 9.73 Å². The molecule has 2 nitrogen and oxygen atoms in total. The van der Waals surface area contributed by atoms with Crippen LogP contribution in [0.25, 0.3) is 0 Å². The highest BCUT2D eigenvalue weighted by Crippen LogP contribution is 2.37. The van der Waals surface area contributed by atoms with Crippen molar-refractivity contribution < 1.29 is 4.42 Å². The average Bonchev–Trinajstić information content (AvgIpc) is 2.76. The third-order valence-electron chi connectivity index (χ3n) is 2.64. The lowest BCUT2D eigenvalue weighted by molar-refractivity contribution is 0.527. The Balaban J connectivity index is 2.28. The van der Waals surface area contributed by atoms with Gasteiger partial charge in [-0.3, -0.25) is 0 Å². The number of furan rings is 1. The lowest BCUT2D eigenvalue weighted by Gasteiger charge is -2.11. The summed E-state index contributed by atoms with van der Waals surface area (Å²) < 4.78 is 5.32. The van der Waals surface area contributed by atoms with Crippen molar-refractivity contribution >= 4 is 23.4 Å². The summed E-state index contributed by atoms with van der Waals surface area (Å²) in [4.78, 5) is 2.21. The number of aryl methyl sites for hydroxylation is 1. The van der Waals surface area contributed by atoms with Crippen LogP contribution >= 0.6 is 23.4 Å². The molecule has 4 heteroatoms. The van der Waals surface area contributed by atoms with Crippen molar-refractivity contribution in [3.8, 4) is 0 Å². The molecule has 0 aliphatic rings. The first-order valence-corrected chi connectivity index (χ1v) is 7.12. The van der Waals surface area contributed by atoms with E-state index in [0.717, 1.165) is 33.7 Å². The van der Waals surface area contributed by atoms with Crippen LogP contribution in [0.3, 0.4) is 0 Å². The molecule has 0 saturated heterocycles. The zero-order valence-electron chi connectivity index (χ0n) is 10.5. The normalized spacial score (nSPS) is 10.8. The van der Waals surface area contributed by atoms with Crippen molar-refractivity contribution in [2.75, 3.05) is 6.54 Å². The molecule has 0 radical (unpaired) electrons. The van der Waals surface area contributed by atoms with E-state index >= 15 is 0 Å². The highest BCUT2D eigenvalue weighted by molar-refractivity contribution is 7.99. The number of benzene rings is 1. The molecular weight excluding hydrogens is 266 g/mol. The van der Waals surface area contributed by atoms with Crippen LogP contribution in [0.5, 0.6) is 0 Å². The predicted octanol–water partition coefficient (Wildman–Crippen LogP) is 4.50. The highest BCUT2D eigenvalue weighted by atomic mass is 35.5. The summed E-state index contributed by atoms with van der Waals surface area (Å²) in [5.41, 5.74) is 1.22. The summed E-state index contributed by atoms with van der Waals surface area (Å²) >= 11 is 7.96. The monoisotopic (exact) mass is 281 g/mol. The molecule has 96 valence electrons. The molecule has 0 aliphatic carbocycles. The quantitative estimate of drug-likeness (QED) is 0.873. The number of hydrogen-bond acceptors (Lipinski definition) is 3. The van der Waals surface area contributed by atoms with Crippen molar-refractivity contribution in [3.05, 3.63) is 46.9 Å². The molecule has 0 bridgehead atoms. The Hall–Kier alpha value is -0.900. The first kappa shape index (κ1) is 13.5. The van der Waals surface area contributed by atoms with Crippen LogP contribution in [0.2, 0.25) is 5.02 Å². The maximum atomic E-state index is 6.30. The molecule has 2 rings (SSSR count). The summed E-state index contributed by atoms with van der Waals surface area (Å²) in [6.45, 7) is 5.83. The minimum absolute atomic E-state index is 0.788. The second kappa shape index (κ2) is 6.32. The van der Waals surface area contributed by atoms with Gasteiger partial charge in [0.15, 0.2) is 0 Å². The van der Waals surface area contributed by atoms with E-state index in [1.165, 1.54) is 5.56 Å². The molecule has 1 aromatic carbocycles. The molecular formula is C14H16ClNOS. The van der Waals surface area contributed by atoms with E-state index in [0.29, 0.717) is 0 Å². The first-order valence-electron chi connectivity index (χ1n) is 5.92. The van der Waals surface area contributed by atoms with Gasteiger partial charge in [0, 0.05) is 11.4 Å². The van der Waals surface area contributed by atoms with Crippen molar-refractivity contribution in [1.29, 1.82) is 0 Å². The largest absolute Gasteiger partial charge is 0.468 e. The number of hydrogen-bond donors (Lipinski definition) is 1. The minimum Gasteiger partial charge on any atom is -0.468 e. The first-order chi connectivity index (χ1) is 8.72. The van der Waals surface area contributed by atoms with Crippen LogP contribution in [-0.4, -0.2) is 6.54 Å². The summed E-state index contributed by atoms with van der Waals surface area (Å²) in [6.07, 6.45) is 1.71. The second-order valence-corrected chi connectivity index (χ2v) is 5.41. The van der Waals surface area contributed by atoms with Gasteiger partial charge in [0.25, 0.3) is 0 Å². The fraction of sp³-hybridized carbons (Fsp3) is 0.286. The van der Waals surface area contributed by atoms with Gasteiger partial charge in [-0.15, -0.1) is 0 Å². The van der Waals surface area contributed by atoms with E-state index < -0.39 is 0 Å². The molecule has 0 spiro atoms. The molecule has 2 aromatic rings. The SMILES string of the molecule is CCNCc1cccc(Cl)c1Sc1ccoc1C. The second-order valence-electron chi connectivity index (χ2n) is 3.95. The fourth-order valence-corrected chi connectivity index (χ4v) is 2.94. The number of nitrogens with one attached hydrogen (secondary N) is 1. The smallest absolute Gasteiger partial charge is 0.114 e. The van der Waals surface area contributed by atoms with Gasteiger partial charge >= 0.3 is 0 Å². The van der Waals surface area contributed by atoms with Crippen LogP contribution in [0.1, 0.15) is 18.2 Å². The molecule has 1 N–H and O–H groups in total. The summed E-state index contributed by atoms with van der Waals surface area (Å²) in [5.74, 6) is 0.925. The van der Waals surface area contributed by atoms with E-state index in [-0.39, 0.29) is 0 Å². The van der Waals surface area contributed by atoms with Crippen molar-refractivity contribution in [3.63, 3.8) is 0 Å². The standard InChI is InChI=1S/C14H16ClNOS/c1-3-16-9-11-5-4-6-12(15)14(11)18-13-7-8-17-10(13)2/h4-8,16H,3,9H2,1-2H3. The molecule has 1 aromatic heterocycles. The maximum Gasteiger partial charge on any atom is 0.114 e. The Morgan fingerprint density at radius 3 is 2.83 bits per heavy atom. The molecule has 0 saturated carbocycles. The molecule has 0 aliphatic heterocycles. The van der Waals surface area contributed by atoms with Crippen LogP contribution in [0.15, 0.2) is 44.7 Å². The van der Waals surface area contributed by atoms with Gasteiger partial charge in [-0.25, -0.2) is 0 Å². The molecule has 0 fully saturated rings. The van der Waals surface area contributed by atoms with Crippen LogP contribution in [0.4, 0.5) is 0 Å². The highest BCUT2D eigenvalue weighted by Gasteiger charge is 2.11. The van der Waals surface area contributed by atoms with E-state index in [1.807, 2.05) is 25.1 Å². The summed E-state index contributed by atoms with van der Waals surface area (Å²) in [7, 11) is 0. The van der Waals surface area contributed by atoms with Crippen LogP contribution < -0.4 is 5.32 Å². The Morgan fingerprint density at radius 2 is 2.17 bits per heavy atom. The third kappa shape index (κ3) is 3.10. The summed E-state index contributed by atoms with van der Waals surface area (Å²) in [6, 6.07) is 7.99. The van der Waals surface area contributed by atoms with Crippen molar-refractivity contribution in [1.82, 2.24) is 5.32 Å². The van der Waals surface area contributed by atoms with Gasteiger partial charge in [-0.1, -0.05) is 42.4 Å². The van der Waals surface area contributed by atoms with Gasteiger partial charge in [-0.2, -0.15) is 0 Å². The van der Waals surface area contributed by atoms with Crippen LogP contribution in [-0.2, 0) is 6.54 Å². The Bertz CT molecular complexity index is 524. The Labute approximate surface area is 117 Å². The zero-order chi connectivity index (χ0) is 13.0. The van der Waals surface area contributed by atoms with Gasteiger partial charge in [0.05, 0.1) is 16.2 Å². The lowest BCUT2D eigenvalue weighted by Crippen LogP contribution is -2.12. The van der Waals surface area contributed by atoms with E-state index in [4.69, 9.17) is 16.0 Å². The average molecular weight is 282 g/mol. The van der Waals surface area contributed by atoms with Gasteiger partial charge in [0.1, 0.15) is 5.76 Å². The molecule has 1 heterocycles. The maximum absolute atomic E-state index is 6.30. The van der Waals surface area contributed by atoms with Crippen molar-refractivity contribution in [2.24, 2.45) is 0 Å². The number of rotatable bonds is 5.